The number of aliphatic hydroxyl groups is 1. The lowest BCUT2D eigenvalue weighted by molar-refractivity contribution is -0.143. The second kappa shape index (κ2) is 21.4. The van der Waals surface area contributed by atoms with E-state index in [2.05, 4.69) is 31.1 Å². The highest BCUT2D eigenvalue weighted by Crippen LogP contribution is 2.37. The lowest BCUT2D eigenvalue weighted by Gasteiger charge is -2.26. The Balaban J connectivity index is 3.30. The van der Waals surface area contributed by atoms with Gasteiger partial charge in [0.05, 0.1) is 19.1 Å². The van der Waals surface area contributed by atoms with Crippen LogP contribution >= 0.6 is 7.82 Å². The fraction of sp³-hybridized carbons (Fsp3) is 0.533. The normalized spacial score (nSPS) is 15.2. The molecule has 0 aliphatic carbocycles. The van der Waals surface area contributed by atoms with Crippen molar-refractivity contribution in [2.75, 3.05) is 6.61 Å². The number of carbonyl (C=O) groups is 8. The number of hydrogen-bond acceptors (Lipinski definition) is 12. The van der Waals surface area contributed by atoms with Crippen LogP contribution in [0.1, 0.15) is 52.0 Å². The number of hydrogen-bond donors (Lipinski definition) is 12. The topological polar surface area (TPSA) is 376 Å². The number of aliphatic carboxylic acids is 2. The van der Waals surface area contributed by atoms with Gasteiger partial charge in [-0.3, -0.25) is 43.3 Å². The standard InChI is InChI=1S/C30H46N7O15P/c1-4-14(2)24(30(47)48)37-25(42)15(3)33-29(46)21(13-38)36-27(44)19(11-16-5-7-17(8-6-16)52-53(49,50)51)35-28(45)20(12-22(32)39)34-26(43)18(31)9-10-23(40)41/h5-8,14-15,18-21,24,38H,4,9-13,31H2,1-3H3,(H2,32,39)(H,33,46)(H,34,43)(H,35,45)(H,36,44)(H,37,42)(H,40,41)(H,47,48)(H2,49,50,51)/t14-,15-,18-,19-,20-,21-,24-/m0/s1. The molecule has 0 spiro atoms. The quantitative estimate of drug-likeness (QED) is 0.0477. The second-order valence-corrected chi connectivity index (χ2v) is 13.1. The monoisotopic (exact) mass is 775 g/mol. The van der Waals surface area contributed by atoms with Crippen molar-refractivity contribution in [1.29, 1.82) is 0 Å². The number of phosphoric acid groups is 1. The third-order valence-electron chi connectivity index (χ3n) is 7.61. The van der Waals surface area contributed by atoms with Crippen LogP contribution in [-0.4, -0.2) is 115 Å². The third kappa shape index (κ3) is 16.8. The van der Waals surface area contributed by atoms with Crippen LogP contribution < -0.4 is 42.6 Å². The molecule has 14 N–H and O–H groups in total. The first-order chi connectivity index (χ1) is 24.6. The van der Waals surface area contributed by atoms with Crippen LogP contribution in [0, 0.1) is 5.92 Å². The number of aliphatic hydroxyl groups excluding tert-OH is 1. The second-order valence-electron chi connectivity index (χ2n) is 11.9. The first-order valence-corrected chi connectivity index (χ1v) is 17.6. The number of rotatable bonds is 23. The Morgan fingerprint density at radius 2 is 1.32 bits per heavy atom. The van der Waals surface area contributed by atoms with Gasteiger partial charge >= 0.3 is 19.8 Å². The maximum atomic E-state index is 13.5. The van der Waals surface area contributed by atoms with Crippen LogP contribution in [0.4, 0.5) is 0 Å². The first-order valence-electron chi connectivity index (χ1n) is 16.0. The molecule has 0 aliphatic heterocycles. The SMILES string of the molecule is CC[C@H](C)[C@H](NC(=O)[C@H](C)NC(=O)[C@H](CO)NC(=O)[C@H](Cc1ccc(OP(=O)(O)O)cc1)NC(=O)[C@H](CC(N)=O)NC(=O)[C@@H](N)CCC(=O)O)C(=O)O. The van der Waals surface area contributed by atoms with Gasteiger partial charge in [-0.15, -0.1) is 0 Å². The van der Waals surface area contributed by atoms with E-state index in [9.17, 15) is 53.1 Å². The van der Waals surface area contributed by atoms with Crippen molar-refractivity contribution in [2.45, 2.75) is 89.1 Å². The van der Waals surface area contributed by atoms with Crippen molar-refractivity contribution in [3.63, 3.8) is 0 Å². The Bertz CT molecular complexity index is 1540. The summed E-state index contributed by atoms with van der Waals surface area (Å²) in [5, 5.41) is 39.5. The number of amides is 6. The van der Waals surface area contributed by atoms with E-state index >= 15 is 0 Å². The molecule has 6 amide bonds. The highest BCUT2D eigenvalue weighted by molar-refractivity contribution is 7.46. The van der Waals surface area contributed by atoms with Crippen LogP contribution in [0.25, 0.3) is 0 Å². The molecule has 0 saturated carbocycles. The van der Waals surface area contributed by atoms with Gasteiger partial charge in [-0.05, 0) is 37.0 Å². The Morgan fingerprint density at radius 1 is 0.792 bits per heavy atom. The summed E-state index contributed by atoms with van der Waals surface area (Å²) in [6, 6.07) is -4.36. The zero-order valence-electron chi connectivity index (χ0n) is 29.0. The molecule has 22 nitrogen and oxygen atoms in total. The Labute approximate surface area is 303 Å². The van der Waals surface area contributed by atoms with Crippen LogP contribution in [0.2, 0.25) is 0 Å². The minimum absolute atomic E-state index is 0.235. The molecule has 23 heteroatoms. The smallest absolute Gasteiger partial charge is 0.481 e. The van der Waals surface area contributed by atoms with Crippen LogP contribution in [0.15, 0.2) is 24.3 Å². The van der Waals surface area contributed by atoms with E-state index in [0.717, 1.165) is 12.1 Å². The molecule has 53 heavy (non-hydrogen) atoms. The van der Waals surface area contributed by atoms with Gasteiger partial charge in [-0.25, -0.2) is 9.36 Å². The lowest BCUT2D eigenvalue weighted by Crippen LogP contribution is -2.60. The van der Waals surface area contributed by atoms with Crippen molar-refractivity contribution in [3.05, 3.63) is 29.8 Å². The zero-order valence-corrected chi connectivity index (χ0v) is 29.9. The largest absolute Gasteiger partial charge is 0.524 e. The van der Waals surface area contributed by atoms with Crippen molar-refractivity contribution < 1.29 is 72.6 Å². The van der Waals surface area contributed by atoms with Crippen LogP contribution in [-0.2, 0) is 49.3 Å². The molecule has 296 valence electrons. The van der Waals surface area contributed by atoms with E-state index in [4.69, 9.17) is 26.4 Å². The molecule has 0 aliphatic rings. The maximum absolute atomic E-state index is 13.5. The number of benzene rings is 1. The molecular weight excluding hydrogens is 729 g/mol. The number of phosphoric ester groups is 1. The summed E-state index contributed by atoms with van der Waals surface area (Å²) >= 11 is 0. The molecule has 1 aromatic carbocycles. The molecular formula is C30H46N7O15P. The molecule has 0 aromatic heterocycles. The summed E-state index contributed by atoms with van der Waals surface area (Å²) < 4.78 is 15.7. The molecule has 1 aromatic rings. The minimum Gasteiger partial charge on any atom is -0.481 e. The number of carbonyl (C=O) groups excluding carboxylic acids is 6. The van der Waals surface area contributed by atoms with Gasteiger partial charge in [0, 0.05) is 12.8 Å². The minimum atomic E-state index is -4.92. The molecule has 0 fully saturated rings. The molecule has 0 unspecified atom stereocenters. The lowest BCUT2D eigenvalue weighted by atomic mass is 9.99. The molecule has 1 rings (SSSR count). The molecule has 0 heterocycles. The van der Waals surface area contributed by atoms with Gasteiger partial charge in [-0.2, -0.15) is 0 Å². The average molecular weight is 776 g/mol. The van der Waals surface area contributed by atoms with E-state index in [1.807, 2.05) is 0 Å². The Hall–Kier alpha value is -5.15. The highest BCUT2D eigenvalue weighted by atomic mass is 31.2. The Morgan fingerprint density at radius 3 is 1.81 bits per heavy atom. The van der Waals surface area contributed by atoms with Crippen LogP contribution in [0.5, 0.6) is 5.75 Å². The molecule has 0 bridgehead atoms. The number of carboxylic acids is 2. The summed E-state index contributed by atoms with van der Waals surface area (Å²) in [5.74, 6) is -9.62. The van der Waals surface area contributed by atoms with Crippen molar-refractivity contribution in [3.8, 4) is 5.75 Å². The maximum Gasteiger partial charge on any atom is 0.524 e. The fourth-order valence-corrected chi connectivity index (χ4v) is 4.84. The summed E-state index contributed by atoms with van der Waals surface area (Å²) in [5.41, 5.74) is 11.2. The number of nitrogens with one attached hydrogen (secondary N) is 5. The van der Waals surface area contributed by atoms with Crippen molar-refractivity contribution >= 4 is 55.2 Å². The van der Waals surface area contributed by atoms with E-state index < -0.39 is 123 Å². The third-order valence-corrected chi connectivity index (χ3v) is 8.06. The average Bonchev–Trinajstić information content (AvgIpc) is 3.06. The predicted molar refractivity (Wildman–Crippen MR) is 181 cm³/mol. The van der Waals surface area contributed by atoms with Gasteiger partial charge in [0.1, 0.15) is 36.0 Å². The zero-order chi connectivity index (χ0) is 40.6. The van der Waals surface area contributed by atoms with E-state index in [1.165, 1.54) is 19.1 Å². The number of primary amides is 1. The van der Waals surface area contributed by atoms with Crippen molar-refractivity contribution in [2.24, 2.45) is 17.4 Å². The molecule has 0 radical (unpaired) electrons. The van der Waals surface area contributed by atoms with E-state index in [1.54, 1.807) is 13.8 Å². The van der Waals surface area contributed by atoms with Gasteiger partial charge in [0.2, 0.25) is 35.4 Å². The van der Waals surface area contributed by atoms with Crippen LogP contribution in [0.3, 0.4) is 0 Å². The number of nitrogens with two attached hydrogens (primary N) is 2. The van der Waals surface area contributed by atoms with E-state index in [-0.39, 0.29) is 17.7 Å². The predicted octanol–water partition coefficient (Wildman–Crippen LogP) is -3.66. The van der Waals surface area contributed by atoms with E-state index in [0.29, 0.717) is 6.42 Å². The van der Waals surface area contributed by atoms with Crippen molar-refractivity contribution in [1.82, 2.24) is 26.6 Å². The summed E-state index contributed by atoms with van der Waals surface area (Å²) in [6.07, 6.45) is -1.62. The van der Waals surface area contributed by atoms with Gasteiger partial charge in [0.15, 0.2) is 0 Å². The summed E-state index contributed by atoms with van der Waals surface area (Å²) in [6.45, 7) is 3.51. The summed E-state index contributed by atoms with van der Waals surface area (Å²) in [7, 11) is -4.92. The summed E-state index contributed by atoms with van der Waals surface area (Å²) in [4.78, 5) is 117. The molecule has 0 saturated heterocycles. The van der Waals surface area contributed by atoms with Gasteiger partial charge in [0.25, 0.3) is 0 Å². The van der Waals surface area contributed by atoms with Gasteiger partial charge < -0.3 is 57.9 Å². The molecule has 7 atom stereocenters. The first kappa shape index (κ1) is 45.9. The van der Waals surface area contributed by atoms with Gasteiger partial charge in [-0.1, -0.05) is 32.4 Å². The highest BCUT2D eigenvalue weighted by Gasteiger charge is 2.33. The number of carboxylic acid groups (broad SMARTS) is 2. The fourth-order valence-electron chi connectivity index (χ4n) is 4.45. The Kier molecular flexibility index (Phi) is 18.5.